The first-order valence-corrected chi connectivity index (χ1v) is 46.1. The SMILES string of the molecule is CCCCCCCCCCCCCCCC(=O)NCCCCC(NC(=O)C(CCCCNC(=O)COCCOCCOCCO[C@@H]1O[C@H](CO)[C@H](O)[C@H](O)[C@H]1NC(C)=O)NC(=O)C(CCCCNC(=O)COCCOCCOCCO[C@@H]1O[C@H](CO)[C@H](O)[C@H](O)[C@H]1N)NC(=O)COCCOCCOCCO[C@@H]1O[C@H](CO)[C@H](O)[C@H](O)[C@H]1NC(C)=O)C(=O)NC1CCCC1. The van der Waals surface area contributed by atoms with Crippen molar-refractivity contribution in [2.75, 3.05) is 178 Å². The van der Waals surface area contributed by atoms with E-state index in [1.807, 2.05) is 0 Å². The zero-order valence-corrected chi connectivity index (χ0v) is 75.6. The summed E-state index contributed by atoms with van der Waals surface area (Å²) in [4.78, 5) is 120. The van der Waals surface area contributed by atoms with Gasteiger partial charge in [-0.1, -0.05) is 96.8 Å². The molecule has 43 heteroatoms. The van der Waals surface area contributed by atoms with E-state index in [9.17, 15) is 89.1 Å². The fourth-order valence-corrected chi connectivity index (χ4v) is 14.5. The van der Waals surface area contributed by atoms with Crippen LogP contribution < -0.4 is 53.6 Å². The Kier molecular flexibility index (Phi) is 64.3. The molecule has 18 atom stereocenters. The van der Waals surface area contributed by atoms with Crippen LogP contribution in [0.3, 0.4) is 0 Å². The largest absolute Gasteiger partial charge is 0.394 e. The first kappa shape index (κ1) is 115. The van der Waals surface area contributed by atoms with Crippen molar-refractivity contribution < 1.29 is 160 Å². The number of hydrogen-bond acceptors (Lipinski definition) is 34. The van der Waals surface area contributed by atoms with Crippen molar-refractivity contribution in [3.05, 3.63) is 0 Å². The van der Waals surface area contributed by atoms with Crippen LogP contribution in [0.15, 0.2) is 0 Å². The van der Waals surface area contributed by atoms with Gasteiger partial charge in [0.1, 0.15) is 105 Å². The van der Waals surface area contributed by atoms with Gasteiger partial charge in [-0.15, -0.1) is 0 Å². The standard InChI is InChI=1S/C85H156N10O33/c1-4-5-6-7-8-9-10-11-12-13-14-15-16-30-67(101)87-31-22-20-28-62(80(111)92-60-25-17-18-26-60)94-82(113)63(29-21-24-33-89-69(103)56-121-44-41-115-35-38-118-47-50-124-84-72(90-58(2)99)78(109)75(106)65(53-97)127-84)95-81(112)61(93-70(104)57-122-45-42-116-36-39-119-48-51-125-85-73(91-59(3)100)79(110)76(107)66(54-98)128-85)27-19-23-32-88-68(102)55-120-43-40-114-34-37-117-46-49-123-83-71(86)77(108)74(105)64(52-96)126-83/h60-66,71-79,83-85,96-98,105-110H,4-57,86H2,1-3H3,(H,87,101)(H,88,102)(H,89,103)(H,90,99)(H,91,100)(H,92,111)(H,93,104)(H,94,113)(H,95,112)/t61?,62?,63?,64-,65-,66-,71-,72-,73-,74+,75+,76+,77-,78-,79-,83-,84-,85-/m1/s1. The summed E-state index contributed by atoms with van der Waals surface area (Å²) in [5.41, 5.74) is 5.90. The lowest BCUT2D eigenvalue weighted by Gasteiger charge is -2.42. The van der Waals surface area contributed by atoms with Crippen LogP contribution >= 0.6 is 0 Å². The average molecular weight is 1850 g/mol. The number of amides is 9. The van der Waals surface area contributed by atoms with E-state index < -0.39 is 184 Å². The van der Waals surface area contributed by atoms with Gasteiger partial charge in [0.2, 0.25) is 53.2 Å². The molecule has 3 saturated heterocycles. The second-order valence-electron chi connectivity index (χ2n) is 32.4. The molecule has 744 valence electrons. The normalized spacial score (nSPS) is 23.7. The Morgan fingerprint density at radius 2 is 0.656 bits per heavy atom. The molecule has 3 unspecified atom stereocenters. The zero-order valence-electron chi connectivity index (χ0n) is 75.6. The Labute approximate surface area is 752 Å². The Bertz CT molecular complexity index is 2970. The van der Waals surface area contributed by atoms with Gasteiger partial charge in [0.25, 0.3) is 0 Å². The molecule has 128 heavy (non-hydrogen) atoms. The highest BCUT2D eigenvalue weighted by Gasteiger charge is 2.48. The summed E-state index contributed by atoms with van der Waals surface area (Å²) in [6, 6.07) is -6.94. The summed E-state index contributed by atoms with van der Waals surface area (Å²) in [5, 5.41) is 116. The molecule has 0 aromatic rings. The van der Waals surface area contributed by atoms with E-state index >= 15 is 0 Å². The Balaban J connectivity index is 1.34. The lowest BCUT2D eigenvalue weighted by atomic mass is 9.97. The minimum Gasteiger partial charge on any atom is -0.394 e. The maximum absolute atomic E-state index is 14.8. The molecule has 1 aliphatic carbocycles. The van der Waals surface area contributed by atoms with Crippen molar-refractivity contribution in [2.45, 2.75) is 310 Å². The molecule has 0 aromatic carbocycles. The van der Waals surface area contributed by atoms with Crippen molar-refractivity contribution in [1.29, 1.82) is 0 Å². The summed E-state index contributed by atoms with van der Waals surface area (Å²) < 4.78 is 83.3. The predicted molar refractivity (Wildman–Crippen MR) is 459 cm³/mol. The van der Waals surface area contributed by atoms with Gasteiger partial charge < -0.3 is 171 Å². The number of ether oxygens (including phenoxy) is 15. The lowest BCUT2D eigenvalue weighted by molar-refractivity contribution is -0.272. The fraction of sp³-hybridized carbons (Fsp3) is 0.894. The van der Waals surface area contributed by atoms with Crippen LogP contribution in [0.5, 0.6) is 0 Å². The minimum absolute atomic E-state index is 0.0165. The van der Waals surface area contributed by atoms with Crippen molar-refractivity contribution in [2.24, 2.45) is 5.73 Å². The number of carbonyl (C=O) groups is 9. The molecule has 3 aliphatic heterocycles. The molecular weight excluding hydrogens is 1690 g/mol. The number of carbonyl (C=O) groups excluding carboxylic acids is 9. The van der Waals surface area contributed by atoms with Crippen molar-refractivity contribution in [1.82, 2.24) is 47.9 Å². The first-order chi connectivity index (χ1) is 61.9. The van der Waals surface area contributed by atoms with Crippen LogP contribution in [-0.4, -0.2) is 393 Å². The van der Waals surface area contributed by atoms with Gasteiger partial charge in [0.15, 0.2) is 18.9 Å². The van der Waals surface area contributed by atoms with E-state index in [4.69, 9.17) is 76.8 Å². The molecule has 0 bridgehead atoms. The van der Waals surface area contributed by atoms with Crippen LogP contribution in [0.25, 0.3) is 0 Å². The van der Waals surface area contributed by atoms with Crippen molar-refractivity contribution in [3.63, 3.8) is 0 Å². The molecule has 3 heterocycles. The third-order valence-electron chi connectivity index (χ3n) is 21.7. The number of rotatable bonds is 77. The molecule has 4 aliphatic rings. The van der Waals surface area contributed by atoms with E-state index in [0.29, 0.717) is 38.6 Å². The van der Waals surface area contributed by atoms with Crippen LogP contribution in [-0.2, 0) is 114 Å². The molecule has 4 fully saturated rings. The fourth-order valence-electron chi connectivity index (χ4n) is 14.5. The summed E-state index contributed by atoms with van der Waals surface area (Å²) in [5.74, 6) is -4.42. The Hall–Kier alpha value is -5.77. The predicted octanol–water partition coefficient (Wildman–Crippen LogP) is -3.31. The van der Waals surface area contributed by atoms with E-state index in [1.54, 1.807) is 0 Å². The van der Waals surface area contributed by atoms with Crippen LogP contribution in [0.4, 0.5) is 0 Å². The maximum atomic E-state index is 14.8. The number of nitrogens with one attached hydrogen (secondary N) is 9. The summed E-state index contributed by atoms with van der Waals surface area (Å²) in [6.07, 6.45) is 6.34. The van der Waals surface area contributed by atoms with Gasteiger partial charge >= 0.3 is 0 Å². The maximum Gasteiger partial charge on any atom is 0.246 e. The molecule has 1 saturated carbocycles. The highest BCUT2D eigenvalue weighted by Crippen LogP contribution is 2.26. The second kappa shape index (κ2) is 71.8. The molecule has 0 radical (unpaired) electrons. The highest BCUT2D eigenvalue weighted by atomic mass is 16.7. The third-order valence-corrected chi connectivity index (χ3v) is 21.7. The topological polar surface area (TPSA) is 608 Å². The van der Waals surface area contributed by atoms with Gasteiger partial charge in [-0.2, -0.15) is 0 Å². The second-order valence-corrected chi connectivity index (χ2v) is 32.4. The van der Waals surface area contributed by atoms with E-state index in [2.05, 4.69) is 54.8 Å². The molecular formula is C85H156N10O33. The summed E-state index contributed by atoms with van der Waals surface area (Å²) in [7, 11) is 0. The number of nitrogens with two attached hydrogens (primary N) is 1. The molecule has 43 nitrogen and oxygen atoms in total. The Morgan fingerprint density at radius 1 is 0.344 bits per heavy atom. The first-order valence-electron chi connectivity index (χ1n) is 46.1. The number of unbranched alkanes of at least 4 members (excludes halogenated alkanes) is 15. The van der Waals surface area contributed by atoms with Crippen LogP contribution in [0.2, 0.25) is 0 Å². The molecule has 20 N–H and O–H groups in total. The monoisotopic (exact) mass is 1850 g/mol. The molecule has 9 amide bonds. The van der Waals surface area contributed by atoms with E-state index in [-0.39, 0.29) is 189 Å². The zero-order chi connectivity index (χ0) is 93.3. The van der Waals surface area contributed by atoms with Crippen LogP contribution in [0.1, 0.15) is 194 Å². The van der Waals surface area contributed by atoms with Gasteiger partial charge in [-0.3, -0.25) is 43.2 Å². The Morgan fingerprint density at radius 3 is 1.03 bits per heavy atom. The highest BCUT2D eigenvalue weighted by molar-refractivity contribution is 5.94. The summed E-state index contributed by atoms with van der Waals surface area (Å²) in [6.45, 7) is 3.88. The van der Waals surface area contributed by atoms with Gasteiger partial charge in [-0.25, -0.2) is 0 Å². The number of aliphatic hydroxyl groups is 9. The van der Waals surface area contributed by atoms with Crippen molar-refractivity contribution >= 4 is 53.2 Å². The quantitative estimate of drug-likeness (QED) is 0.0265. The van der Waals surface area contributed by atoms with Crippen LogP contribution in [0, 0.1) is 0 Å². The number of hydrogen-bond donors (Lipinski definition) is 19. The van der Waals surface area contributed by atoms with Gasteiger partial charge in [0, 0.05) is 45.9 Å². The molecule has 0 aromatic heterocycles. The third kappa shape index (κ3) is 50.4. The van der Waals surface area contributed by atoms with Crippen molar-refractivity contribution in [3.8, 4) is 0 Å². The van der Waals surface area contributed by atoms with Gasteiger partial charge in [0.05, 0.1) is 145 Å². The average Bonchev–Trinajstić information content (AvgIpc) is 0.946. The van der Waals surface area contributed by atoms with E-state index in [0.717, 1.165) is 51.4 Å². The minimum atomic E-state index is -1.48. The van der Waals surface area contributed by atoms with Gasteiger partial charge in [-0.05, 0) is 77.0 Å². The van der Waals surface area contributed by atoms with E-state index in [1.165, 1.54) is 71.6 Å². The molecule has 0 spiro atoms. The summed E-state index contributed by atoms with van der Waals surface area (Å²) >= 11 is 0. The number of aliphatic hydroxyl groups excluding tert-OH is 9. The smallest absolute Gasteiger partial charge is 0.246 e. The molecule has 4 rings (SSSR count). The lowest BCUT2D eigenvalue weighted by Crippen LogP contribution is -2.64.